The highest BCUT2D eigenvalue weighted by Crippen LogP contribution is 2.49. The normalized spacial score (nSPS) is 20.7. The number of nitrogens with zero attached hydrogens (tertiary/aromatic N) is 3. The summed E-state index contributed by atoms with van der Waals surface area (Å²) in [6.07, 6.45) is 3.89. The number of nitriles is 1. The third-order valence-electron chi connectivity index (χ3n) is 5.54. The van der Waals surface area contributed by atoms with Gasteiger partial charge in [0.15, 0.2) is 0 Å². The Kier molecular flexibility index (Phi) is 4.31. The van der Waals surface area contributed by atoms with Crippen LogP contribution in [0.1, 0.15) is 36.1 Å². The lowest BCUT2D eigenvalue weighted by Gasteiger charge is -2.47. The molecule has 28 heavy (non-hydrogen) atoms. The van der Waals surface area contributed by atoms with E-state index in [9.17, 15) is 5.26 Å². The molecular formula is C24H24N4. The van der Waals surface area contributed by atoms with E-state index in [4.69, 9.17) is 4.99 Å². The first-order valence-corrected chi connectivity index (χ1v) is 9.58. The number of guanidine groups is 1. The highest BCUT2D eigenvalue weighted by molar-refractivity contribution is 5.95. The second-order valence-electron chi connectivity index (χ2n) is 7.76. The molecule has 1 N–H and O–H groups in total. The molecule has 2 heterocycles. The van der Waals surface area contributed by atoms with Crippen LogP contribution in [-0.2, 0) is 5.54 Å². The molecule has 4 heteroatoms. The minimum Gasteiger partial charge on any atom is -0.331 e. The van der Waals surface area contributed by atoms with Crippen LogP contribution < -0.4 is 5.32 Å². The van der Waals surface area contributed by atoms with Gasteiger partial charge in [-0.15, -0.1) is 0 Å². The van der Waals surface area contributed by atoms with Crippen LogP contribution >= 0.6 is 0 Å². The maximum absolute atomic E-state index is 10.4. The quantitative estimate of drug-likeness (QED) is 0.844. The van der Waals surface area contributed by atoms with Crippen LogP contribution in [0.15, 0.2) is 71.5 Å². The Balaban J connectivity index is 2.10. The molecule has 2 aliphatic rings. The summed E-state index contributed by atoms with van der Waals surface area (Å²) in [7, 11) is 0. The van der Waals surface area contributed by atoms with Crippen molar-refractivity contribution in [2.45, 2.75) is 33.2 Å². The summed E-state index contributed by atoms with van der Waals surface area (Å²) < 4.78 is 0. The third-order valence-corrected chi connectivity index (χ3v) is 5.54. The largest absolute Gasteiger partial charge is 0.331 e. The van der Waals surface area contributed by atoms with Crippen molar-refractivity contribution in [2.75, 3.05) is 0 Å². The van der Waals surface area contributed by atoms with Crippen LogP contribution in [0.3, 0.4) is 0 Å². The number of benzene rings is 2. The fourth-order valence-electron chi connectivity index (χ4n) is 4.48. The van der Waals surface area contributed by atoms with Gasteiger partial charge >= 0.3 is 0 Å². The maximum Gasteiger partial charge on any atom is 0.208 e. The van der Waals surface area contributed by atoms with Crippen molar-refractivity contribution in [3.8, 4) is 6.07 Å². The molecule has 2 aromatic rings. The molecule has 1 atom stereocenters. The van der Waals surface area contributed by atoms with Gasteiger partial charge in [0.2, 0.25) is 5.96 Å². The van der Waals surface area contributed by atoms with Gasteiger partial charge in [-0.25, -0.2) is 4.99 Å². The Labute approximate surface area is 166 Å². The molecule has 2 aliphatic heterocycles. The molecule has 0 radical (unpaired) electrons. The zero-order valence-electron chi connectivity index (χ0n) is 16.7. The lowest BCUT2D eigenvalue weighted by Crippen LogP contribution is -2.54. The molecule has 0 aliphatic carbocycles. The Morgan fingerprint density at radius 1 is 1.07 bits per heavy atom. The molecule has 2 aromatic carbocycles. The fourth-order valence-corrected chi connectivity index (χ4v) is 4.48. The van der Waals surface area contributed by atoms with Crippen LogP contribution in [0, 0.1) is 31.1 Å². The zero-order valence-corrected chi connectivity index (χ0v) is 16.7. The predicted octanol–water partition coefficient (Wildman–Crippen LogP) is 4.84. The van der Waals surface area contributed by atoms with Crippen LogP contribution in [-0.4, -0.2) is 10.9 Å². The SMILES string of the molecule is Cc1cc(C)cc(C2(C(C)C)C(C#N)=C(c3ccccc3)N=C3NC=CN32)c1. The standard InChI is InChI=1S/C24H24N4/c1-16(2)24(20-13-17(3)12-18(4)14-20)21(15-25)22(19-8-6-5-7-9-19)27-23-26-10-11-28(23)24/h5-14,16H,1-4H3,(H,26,27). The van der Waals surface area contributed by atoms with Gasteiger partial charge < -0.3 is 10.2 Å². The highest BCUT2D eigenvalue weighted by Gasteiger charge is 2.51. The Morgan fingerprint density at radius 2 is 1.75 bits per heavy atom. The van der Waals surface area contributed by atoms with Crippen molar-refractivity contribution in [2.24, 2.45) is 10.9 Å². The van der Waals surface area contributed by atoms with Crippen LogP contribution in [0.2, 0.25) is 0 Å². The fraction of sp³-hybridized carbons (Fsp3) is 0.250. The smallest absolute Gasteiger partial charge is 0.208 e. The van der Waals surface area contributed by atoms with E-state index in [0.29, 0.717) is 5.57 Å². The van der Waals surface area contributed by atoms with Crippen molar-refractivity contribution in [1.82, 2.24) is 10.2 Å². The number of aliphatic imine (C=N–C) groups is 1. The van der Waals surface area contributed by atoms with E-state index in [1.807, 2.05) is 42.7 Å². The van der Waals surface area contributed by atoms with Gasteiger partial charge in [-0.1, -0.05) is 73.5 Å². The highest BCUT2D eigenvalue weighted by atomic mass is 15.4. The molecule has 1 unspecified atom stereocenters. The molecule has 0 amide bonds. The van der Waals surface area contributed by atoms with Crippen LogP contribution in [0.4, 0.5) is 0 Å². The summed E-state index contributed by atoms with van der Waals surface area (Å²) in [5.41, 5.74) is 5.23. The average Bonchev–Trinajstić information content (AvgIpc) is 3.14. The second-order valence-corrected chi connectivity index (χ2v) is 7.76. The summed E-state index contributed by atoms with van der Waals surface area (Å²) in [5.74, 6) is 0.892. The minimum atomic E-state index is -0.631. The van der Waals surface area contributed by atoms with Gasteiger partial charge in [-0.3, -0.25) is 0 Å². The Bertz CT molecular complexity index is 1030. The first-order chi connectivity index (χ1) is 13.5. The topological polar surface area (TPSA) is 51.4 Å². The zero-order chi connectivity index (χ0) is 19.9. The van der Waals surface area contributed by atoms with Crippen LogP contribution in [0.5, 0.6) is 0 Å². The van der Waals surface area contributed by atoms with Crippen molar-refractivity contribution in [1.29, 1.82) is 5.26 Å². The number of hydrogen-bond donors (Lipinski definition) is 1. The number of nitrogens with one attached hydrogen (secondary N) is 1. The van der Waals surface area contributed by atoms with Gasteiger partial charge in [0.05, 0.1) is 17.3 Å². The van der Waals surface area contributed by atoms with Gasteiger partial charge in [0.25, 0.3) is 0 Å². The monoisotopic (exact) mass is 368 g/mol. The summed E-state index contributed by atoms with van der Waals surface area (Å²) in [6.45, 7) is 8.56. The van der Waals surface area contributed by atoms with Crippen LogP contribution in [0.25, 0.3) is 5.70 Å². The van der Waals surface area contributed by atoms with Gasteiger partial charge in [-0.05, 0) is 25.3 Å². The molecule has 0 bridgehead atoms. The van der Waals surface area contributed by atoms with Crippen molar-refractivity contribution in [3.05, 3.63) is 88.8 Å². The molecule has 0 aromatic heterocycles. The lowest BCUT2D eigenvalue weighted by molar-refractivity contribution is 0.206. The third kappa shape index (κ3) is 2.55. The minimum absolute atomic E-state index is 0.136. The summed E-state index contributed by atoms with van der Waals surface area (Å²) in [6, 6.07) is 19.1. The molecule has 0 saturated heterocycles. The number of aryl methyl sites for hydroxylation is 2. The molecule has 0 spiro atoms. The lowest BCUT2D eigenvalue weighted by atomic mass is 9.70. The molecule has 4 nitrogen and oxygen atoms in total. The number of hydrogen-bond acceptors (Lipinski definition) is 4. The van der Waals surface area contributed by atoms with E-state index in [0.717, 1.165) is 22.8 Å². The Hall–Kier alpha value is -3.32. The van der Waals surface area contributed by atoms with Crippen molar-refractivity contribution in [3.63, 3.8) is 0 Å². The second kappa shape index (κ2) is 6.69. The predicted molar refractivity (Wildman–Crippen MR) is 113 cm³/mol. The molecule has 0 fully saturated rings. The van der Waals surface area contributed by atoms with E-state index in [-0.39, 0.29) is 5.92 Å². The average molecular weight is 368 g/mol. The van der Waals surface area contributed by atoms with E-state index < -0.39 is 5.54 Å². The summed E-state index contributed by atoms with van der Waals surface area (Å²) in [4.78, 5) is 6.96. The summed E-state index contributed by atoms with van der Waals surface area (Å²) in [5, 5.41) is 13.6. The van der Waals surface area contributed by atoms with Gasteiger partial charge in [0.1, 0.15) is 5.54 Å². The molecule has 140 valence electrons. The molecule has 0 saturated carbocycles. The summed E-state index contributed by atoms with van der Waals surface area (Å²) >= 11 is 0. The number of rotatable bonds is 3. The maximum atomic E-state index is 10.4. The molecule has 4 rings (SSSR count). The van der Waals surface area contributed by atoms with Gasteiger partial charge in [0, 0.05) is 18.0 Å². The molecular weight excluding hydrogens is 344 g/mol. The Morgan fingerprint density at radius 3 is 2.36 bits per heavy atom. The van der Waals surface area contributed by atoms with Gasteiger partial charge in [-0.2, -0.15) is 5.26 Å². The van der Waals surface area contributed by atoms with Crippen molar-refractivity contribution < 1.29 is 0 Å². The number of fused-ring (bicyclic) bond motifs is 1. The van der Waals surface area contributed by atoms with Crippen molar-refractivity contribution >= 4 is 11.7 Å². The van der Waals surface area contributed by atoms with E-state index >= 15 is 0 Å². The van der Waals surface area contributed by atoms with E-state index in [2.05, 4.69) is 62.2 Å². The first-order valence-electron chi connectivity index (χ1n) is 9.58. The van der Waals surface area contributed by atoms with E-state index in [1.54, 1.807) is 0 Å². The first kappa shape index (κ1) is 18.1. The van der Waals surface area contributed by atoms with E-state index in [1.165, 1.54) is 11.1 Å².